The van der Waals surface area contributed by atoms with Crippen LogP contribution >= 0.6 is 11.8 Å². The van der Waals surface area contributed by atoms with E-state index < -0.39 is 0 Å². The molecule has 0 aliphatic carbocycles. The SMILES string of the molecule is Cc1ccccc1CS[C@@H](C)C(=O)Nc1c(C)nn(C)c1C. The summed E-state index contributed by atoms with van der Waals surface area (Å²) in [6.07, 6.45) is 0. The van der Waals surface area contributed by atoms with E-state index in [0.29, 0.717) is 0 Å². The molecule has 118 valence electrons. The van der Waals surface area contributed by atoms with Gasteiger partial charge in [-0.1, -0.05) is 24.3 Å². The first-order chi connectivity index (χ1) is 10.4. The van der Waals surface area contributed by atoms with Crippen molar-refractivity contribution in [3.05, 3.63) is 46.8 Å². The lowest BCUT2D eigenvalue weighted by molar-refractivity contribution is -0.115. The molecule has 2 aromatic rings. The molecule has 1 aromatic heterocycles. The molecule has 0 bridgehead atoms. The summed E-state index contributed by atoms with van der Waals surface area (Å²) in [6.45, 7) is 7.91. The second-order valence-corrected chi connectivity index (χ2v) is 6.87. The van der Waals surface area contributed by atoms with Crippen LogP contribution in [0.4, 0.5) is 5.69 Å². The van der Waals surface area contributed by atoms with Crippen LogP contribution in [0.5, 0.6) is 0 Å². The zero-order valence-corrected chi connectivity index (χ0v) is 14.6. The van der Waals surface area contributed by atoms with E-state index in [9.17, 15) is 4.79 Å². The Morgan fingerprint density at radius 2 is 2.00 bits per heavy atom. The zero-order chi connectivity index (χ0) is 16.3. The highest BCUT2D eigenvalue weighted by molar-refractivity contribution is 7.99. The quantitative estimate of drug-likeness (QED) is 0.916. The highest BCUT2D eigenvalue weighted by atomic mass is 32.2. The van der Waals surface area contributed by atoms with Crippen molar-refractivity contribution in [1.82, 2.24) is 9.78 Å². The average Bonchev–Trinajstić information content (AvgIpc) is 2.72. The summed E-state index contributed by atoms with van der Waals surface area (Å²) in [5, 5.41) is 7.22. The number of carbonyl (C=O) groups is 1. The zero-order valence-electron chi connectivity index (χ0n) is 13.8. The fourth-order valence-electron chi connectivity index (χ4n) is 2.24. The third-order valence-corrected chi connectivity index (χ3v) is 5.07. The van der Waals surface area contributed by atoms with E-state index in [4.69, 9.17) is 0 Å². The number of nitrogens with zero attached hydrogens (tertiary/aromatic N) is 2. The number of hydrogen-bond donors (Lipinski definition) is 1. The molecule has 22 heavy (non-hydrogen) atoms. The normalized spacial score (nSPS) is 12.2. The van der Waals surface area contributed by atoms with Crippen LogP contribution in [0.25, 0.3) is 0 Å². The standard InChI is InChI=1S/C17H23N3OS/c1-11-8-6-7-9-15(11)10-22-14(4)17(21)18-16-12(2)19-20(5)13(16)3/h6-9,14H,10H2,1-5H3,(H,18,21)/t14-/m0/s1. The molecule has 0 radical (unpaired) electrons. The van der Waals surface area contributed by atoms with Crippen molar-refractivity contribution >= 4 is 23.4 Å². The van der Waals surface area contributed by atoms with E-state index in [-0.39, 0.29) is 11.2 Å². The van der Waals surface area contributed by atoms with Crippen LogP contribution in [0.15, 0.2) is 24.3 Å². The molecule has 5 heteroatoms. The summed E-state index contributed by atoms with van der Waals surface area (Å²) < 4.78 is 1.79. The van der Waals surface area contributed by atoms with Gasteiger partial charge in [0.15, 0.2) is 0 Å². The van der Waals surface area contributed by atoms with Gasteiger partial charge in [0, 0.05) is 12.8 Å². The van der Waals surface area contributed by atoms with Crippen molar-refractivity contribution < 1.29 is 4.79 Å². The van der Waals surface area contributed by atoms with E-state index >= 15 is 0 Å². The minimum atomic E-state index is -0.112. The minimum Gasteiger partial charge on any atom is -0.322 e. The Morgan fingerprint density at radius 3 is 2.59 bits per heavy atom. The summed E-state index contributed by atoms with van der Waals surface area (Å²) in [5.74, 6) is 0.865. The van der Waals surface area contributed by atoms with Crippen LogP contribution in [0.1, 0.15) is 29.4 Å². The van der Waals surface area contributed by atoms with E-state index in [1.165, 1.54) is 11.1 Å². The minimum absolute atomic E-state index is 0.0257. The van der Waals surface area contributed by atoms with Crippen molar-refractivity contribution in [3.63, 3.8) is 0 Å². The second kappa shape index (κ2) is 7.01. The Hall–Kier alpha value is -1.75. The Morgan fingerprint density at radius 1 is 1.32 bits per heavy atom. The fourth-order valence-corrected chi connectivity index (χ4v) is 3.21. The summed E-state index contributed by atoms with van der Waals surface area (Å²) in [6, 6.07) is 8.29. The van der Waals surface area contributed by atoms with Gasteiger partial charge in [-0.15, -0.1) is 11.8 Å². The number of thioether (sulfide) groups is 1. The molecule has 0 aliphatic heterocycles. The number of aromatic nitrogens is 2. The maximum absolute atomic E-state index is 12.4. The largest absolute Gasteiger partial charge is 0.322 e. The van der Waals surface area contributed by atoms with Gasteiger partial charge in [0.2, 0.25) is 5.91 Å². The lowest BCUT2D eigenvalue weighted by Gasteiger charge is -2.13. The molecular formula is C17H23N3OS. The highest BCUT2D eigenvalue weighted by Gasteiger charge is 2.18. The van der Waals surface area contributed by atoms with Crippen LogP contribution in [0.2, 0.25) is 0 Å². The van der Waals surface area contributed by atoms with E-state index in [1.807, 2.05) is 40.0 Å². The predicted octanol–water partition coefficient (Wildman–Crippen LogP) is 3.61. The molecule has 4 nitrogen and oxygen atoms in total. The molecule has 1 heterocycles. The lowest BCUT2D eigenvalue weighted by Crippen LogP contribution is -2.23. The van der Waals surface area contributed by atoms with Gasteiger partial charge in [-0.3, -0.25) is 9.48 Å². The predicted molar refractivity (Wildman–Crippen MR) is 93.2 cm³/mol. The summed E-state index contributed by atoms with van der Waals surface area (Å²) in [5.41, 5.74) is 5.20. The monoisotopic (exact) mass is 317 g/mol. The van der Waals surface area contributed by atoms with Crippen LogP contribution in [0, 0.1) is 20.8 Å². The Kier molecular flexibility index (Phi) is 5.29. The third kappa shape index (κ3) is 3.71. The van der Waals surface area contributed by atoms with Crippen LogP contribution in [-0.2, 0) is 17.6 Å². The maximum Gasteiger partial charge on any atom is 0.237 e. The molecule has 1 amide bonds. The van der Waals surface area contributed by atoms with Crippen LogP contribution in [0.3, 0.4) is 0 Å². The Bertz CT molecular complexity index is 679. The first-order valence-electron chi connectivity index (χ1n) is 7.37. The molecular weight excluding hydrogens is 294 g/mol. The Balaban J connectivity index is 1.96. The summed E-state index contributed by atoms with van der Waals surface area (Å²) in [7, 11) is 1.88. The van der Waals surface area contributed by atoms with Crippen LogP contribution < -0.4 is 5.32 Å². The number of nitrogens with one attached hydrogen (secondary N) is 1. The first-order valence-corrected chi connectivity index (χ1v) is 8.42. The van der Waals surface area contributed by atoms with E-state index in [2.05, 4.69) is 29.5 Å². The maximum atomic E-state index is 12.4. The van der Waals surface area contributed by atoms with Gasteiger partial charge < -0.3 is 5.32 Å². The van der Waals surface area contributed by atoms with Gasteiger partial charge in [0.05, 0.1) is 22.3 Å². The molecule has 1 atom stereocenters. The summed E-state index contributed by atoms with van der Waals surface area (Å²) in [4.78, 5) is 12.4. The number of benzene rings is 1. The summed E-state index contributed by atoms with van der Waals surface area (Å²) >= 11 is 1.65. The van der Waals surface area contributed by atoms with Gasteiger partial charge in [-0.2, -0.15) is 5.10 Å². The second-order valence-electron chi connectivity index (χ2n) is 5.54. The van der Waals surface area contributed by atoms with E-state index in [1.54, 1.807) is 16.4 Å². The lowest BCUT2D eigenvalue weighted by atomic mass is 10.1. The molecule has 2 rings (SSSR count). The number of hydrogen-bond acceptors (Lipinski definition) is 3. The Labute approximate surface area is 136 Å². The molecule has 0 saturated heterocycles. The number of aryl methyl sites for hydroxylation is 3. The van der Waals surface area contributed by atoms with Gasteiger partial charge >= 0.3 is 0 Å². The van der Waals surface area contributed by atoms with E-state index in [0.717, 1.165) is 22.8 Å². The molecule has 1 aromatic carbocycles. The number of amides is 1. The molecule has 0 aliphatic rings. The average molecular weight is 317 g/mol. The first kappa shape index (κ1) is 16.6. The molecule has 0 fully saturated rings. The van der Waals surface area contributed by atoms with Crippen molar-refractivity contribution in [1.29, 1.82) is 0 Å². The van der Waals surface area contributed by atoms with Gasteiger partial charge in [-0.05, 0) is 38.8 Å². The fraction of sp³-hybridized carbons (Fsp3) is 0.412. The smallest absolute Gasteiger partial charge is 0.237 e. The van der Waals surface area contributed by atoms with Crippen molar-refractivity contribution in [2.24, 2.45) is 7.05 Å². The number of anilines is 1. The topological polar surface area (TPSA) is 46.9 Å². The van der Waals surface area contributed by atoms with Gasteiger partial charge in [0.25, 0.3) is 0 Å². The molecule has 0 unspecified atom stereocenters. The third-order valence-electron chi connectivity index (χ3n) is 3.88. The van der Waals surface area contributed by atoms with Crippen LogP contribution in [-0.4, -0.2) is 20.9 Å². The molecule has 0 spiro atoms. The van der Waals surface area contributed by atoms with Gasteiger partial charge in [0.1, 0.15) is 0 Å². The van der Waals surface area contributed by atoms with Gasteiger partial charge in [-0.25, -0.2) is 0 Å². The van der Waals surface area contributed by atoms with Crippen molar-refractivity contribution in [3.8, 4) is 0 Å². The number of rotatable bonds is 5. The molecule has 1 N–H and O–H groups in total. The molecule has 0 saturated carbocycles. The van der Waals surface area contributed by atoms with Crippen molar-refractivity contribution in [2.45, 2.75) is 38.7 Å². The number of carbonyl (C=O) groups excluding carboxylic acids is 1. The van der Waals surface area contributed by atoms with Crippen molar-refractivity contribution in [2.75, 3.05) is 5.32 Å². The highest BCUT2D eigenvalue weighted by Crippen LogP contribution is 2.23.